The molecule has 9 nitrogen and oxygen atoms in total. The van der Waals surface area contributed by atoms with Gasteiger partial charge in [-0.1, -0.05) is 23.8 Å². The standard InChI is InChI=1S/C19H16ClN9/c1-2-14(27-19-13(8-21)18(22)25-10-26-19)12-7-16-24-9-15(20)29(16)28-17(12)11-3-5-23-6-4-11/h2-5,7,9-10,14,23H,1,6H2,(H3,22,25,26,27)/t14-/m0/s1. The molecule has 0 unspecified atom stereocenters. The Labute approximate surface area is 171 Å². The molecule has 1 atom stereocenters. The molecule has 0 saturated carbocycles. The number of allylic oxidation sites excluding steroid dienone is 2. The van der Waals surface area contributed by atoms with Gasteiger partial charge in [0.25, 0.3) is 0 Å². The predicted molar refractivity (Wildman–Crippen MR) is 111 cm³/mol. The number of dihydropyridines is 1. The van der Waals surface area contributed by atoms with Crippen LogP contribution in [0, 0.1) is 11.3 Å². The van der Waals surface area contributed by atoms with Crippen molar-refractivity contribution in [3.05, 3.63) is 71.6 Å². The molecule has 0 saturated heterocycles. The molecule has 0 spiro atoms. The molecule has 10 heteroatoms. The number of hydrogen-bond donors (Lipinski definition) is 3. The minimum atomic E-state index is -0.427. The summed E-state index contributed by atoms with van der Waals surface area (Å²) in [6, 6.07) is 3.48. The van der Waals surface area contributed by atoms with Crippen molar-refractivity contribution in [2.45, 2.75) is 6.04 Å². The van der Waals surface area contributed by atoms with E-state index < -0.39 is 6.04 Å². The van der Waals surface area contributed by atoms with E-state index in [-0.39, 0.29) is 11.4 Å². The van der Waals surface area contributed by atoms with Gasteiger partial charge in [0.2, 0.25) is 0 Å². The van der Waals surface area contributed by atoms with Crippen molar-refractivity contribution in [2.75, 3.05) is 17.6 Å². The summed E-state index contributed by atoms with van der Waals surface area (Å²) in [4.78, 5) is 12.3. The average molecular weight is 406 g/mol. The summed E-state index contributed by atoms with van der Waals surface area (Å²) in [5.41, 5.74) is 8.98. The van der Waals surface area contributed by atoms with Crippen molar-refractivity contribution in [1.29, 1.82) is 5.26 Å². The lowest BCUT2D eigenvalue weighted by Crippen LogP contribution is -2.17. The number of nitrogens with zero attached hydrogens (tertiary/aromatic N) is 6. The second kappa shape index (κ2) is 7.61. The summed E-state index contributed by atoms with van der Waals surface area (Å²) in [5, 5.41) is 20.8. The molecule has 29 heavy (non-hydrogen) atoms. The Kier molecular flexibility index (Phi) is 4.85. The number of nitrogens with one attached hydrogen (secondary N) is 2. The number of hydrogen-bond acceptors (Lipinski definition) is 8. The fraction of sp³-hybridized carbons (Fsp3) is 0.105. The quantitative estimate of drug-likeness (QED) is 0.552. The Bertz CT molecular complexity index is 1200. The van der Waals surface area contributed by atoms with E-state index >= 15 is 0 Å². The van der Waals surface area contributed by atoms with Crippen LogP contribution in [-0.4, -0.2) is 31.1 Å². The van der Waals surface area contributed by atoms with E-state index in [1.165, 1.54) is 6.33 Å². The third-order valence-electron chi connectivity index (χ3n) is 4.43. The third-order valence-corrected chi connectivity index (χ3v) is 4.68. The Morgan fingerprint density at radius 2 is 2.28 bits per heavy atom. The van der Waals surface area contributed by atoms with Crippen molar-refractivity contribution in [2.24, 2.45) is 0 Å². The van der Waals surface area contributed by atoms with Crippen LogP contribution in [0.25, 0.3) is 11.2 Å². The molecule has 0 amide bonds. The lowest BCUT2D eigenvalue weighted by molar-refractivity contribution is 0.866. The molecule has 0 aliphatic carbocycles. The van der Waals surface area contributed by atoms with E-state index in [0.717, 1.165) is 11.1 Å². The molecule has 0 aromatic carbocycles. The maximum atomic E-state index is 9.42. The zero-order valence-electron chi connectivity index (χ0n) is 15.2. The maximum absolute atomic E-state index is 9.42. The third kappa shape index (κ3) is 3.37. The Morgan fingerprint density at radius 1 is 1.41 bits per heavy atom. The van der Waals surface area contributed by atoms with Crippen LogP contribution in [-0.2, 0) is 0 Å². The summed E-state index contributed by atoms with van der Waals surface area (Å²) in [5.74, 6) is 0.414. The molecule has 144 valence electrons. The van der Waals surface area contributed by atoms with Crippen molar-refractivity contribution < 1.29 is 0 Å². The minimum absolute atomic E-state index is 0.102. The van der Waals surface area contributed by atoms with Gasteiger partial charge in [0.1, 0.15) is 29.6 Å². The number of halogens is 1. The molecule has 0 radical (unpaired) electrons. The number of aromatic nitrogens is 5. The number of rotatable bonds is 5. The maximum Gasteiger partial charge on any atom is 0.155 e. The van der Waals surface area contributed by atoms with Crippen molar-refractivity contribution in [3.8, 4) is 6.07 Å². The zero-order valence-corrected chi connectivity index (χ0v) is 15.9. The second-order valence-corrected chi connectivity index (χ2v) is 6.54. The van der Waals surface area contributed by atoms with E-state index in [2.05, 4.69) is 32.2 Å². The lowest BCUT2D eigenvalue weighted by atomic mass is 9.99. The van der Waals surface area contributed by atoms with E-state index in [1.54, 1.807) is 16.8 Å². The molecule has 0 fully saturated rings. The normalized spacial score (nSPS) is 14.0. The zero-order chi connectivity index (χ0) is 20.4. The molecule has 4 N–H and O–H groups in total. The van der Waals surface area contributed by atoms with Crippen LogP contribution in [0.4, 0.5) is 11.6 Å². The molecule has 0 bridgehead atoms. The van der Waals surface area contributed by atoms with Gasteiger partial charge in [-0.2, -0.15) is 10.4 Å². The molecule has 3 aromatic rings. The smallest absolute Gasteiger partial charge is 0.155 e. The largest absolute Gasteiger partial charge is 0.387 e. The lowest BCUT2D eigenvalue weighted by Gasteiger charge is -2.21. The predicted octanol–water partition coefficient (Wildman–Crippen LogP) is 2.47. The van der Waals surface area contributed by atoms with Gasteiger partial charge >= 0.3 is 0 Å². The molecular weight excluding hydrogens is 390 g/mol. The van der Waals surface area contributed by atoms with Gasteiger partial charge in [0.15, 0.2) is 10.8 Å². The molecule has 3 aromatic heterocycles. The highest BCUT2D eigenvalue weighted by atomic mass is 35.5. The summed E-state index contributed by atoms with van der Waals surface area (Å²) >= 11 is 6.22. The Balaban J connectivity index is 1.85. The Hall–Kier alpha value is -3.90. The van der Waals surface area contributed by atoms with E-state index in [4.69, 9.17) is 22.4 Å². The van der Waals surface area contributed by atoms with Crippen molar-refractivity contribution in [1.82, 2.24) is 29.9 Å². The number of nitrogens with two attached hydrogens (primary N) is 1. The summed E-state index contributed by atoms with van der Waals surface area (Å²) < 4.78 is 1.57. The van der Waals surface area contributed by atoms with Crippen LogP contribution >= 0.6 is 11.6 Å². The molecule has 4 heterocycles. The van der Waals surface area contributed by atoms with Crippen LogP contribution in [0.15, 0.2) is 49.6 Å². The number of anilines is 2. The topological polar surface area (TPSA) is 130 Å². The van der Waals surface area contributed by atoms with Crippen molar-refractivity contribution in [3.63, 3.8) is 0 Å². The number of nitriles is 1. The van der Waals surface area contributed by atoms with Crippen molar-refractivity contribution >= 4 is 34.5 Å². The van der Waals surface area contributed by atoms with Gasteiger partial charge in [-0.05, 0) is 18.3 Å². The van der Waals surface area contributed by atoms with Gasteiger partial charge in [0.05, 0.1) is 17.9 Å². The first-order valence-electron chi connectivity index (χ1n) is 8.66. The molecular formula is C19H16ClN9. The highest BCUT2D eigenvalue weighted by Crippen LogP contribution is 2.30. The van der Waals surface area contributed by atoms with Crippen LogP contribution in [0.2, 0.25) is 5.15 Å². The van der Waals surface area contributed by atoms with E-state index in [1.807, 2.05) is 30.5 Å². The van der Waals surface area contributed by atoms with Gasteiger partial charge in [-0.3, -0.25) is 0 Å². The van der Waals surface area contributed by atoms with Crippen LogP contribution in [0.1, 0.15) is 22.9 Å². The van der Waals surface area contributed by atoms with Gasteiger partial charge in [-0.25, -0.2) is 19.5 Å². The molecule has 1 aliphatic rings. The number of fused-ring (bicyclic) bond motifs is 1. The van der Waals surface area contributed by atoms with Crippen LogP contribution in [0.5, 0.6) is 0 Å². The average Bonchev–Trinajstić information content (AvgIpc) is 3.11. The SMILES string of the molecule is C=C[C@H](Nc1ncnc(N)c1C#N)c1cc2ncc(Cl)n2nc1C1=CCNC=C1. The van der Waals surface area contributed by atoms with E-state index in [0.29, 0.717) is 28.9 Å². The molecule has 4 rings (SSSR count). The number of nitrogen functional groups attached to an aromatic ring is 1. The highest BCUT2D eigenvalue weighted by Gasteiger charge is 2.21. The highest BCUT2D eigenvalue weighted by molar-refractivity contribution is 6.29. The fourth-order valence-corrected chi connectivity index (χ4v) is 3.19. The summed E-state index contributed by atoms with van der Waals surface area (Å²) in [6.07, 6.45) is 10.3. The van der Waals surface area contributed by atoms with E-state index in [9.17, 15) is 5.26 Å². The Morgan fingerprint density at radius 3 is 3.00 bits per heavy atom. The molecule has 1 aliphatic heterocycles. The van der Waals surface area contributed by atoms with Gasteiger partial charge in [-0.15, -0.1) is 6.58 Å². The monoisotopic (exact) mass is 405 g/mol. The minimum Gasteiger partial charge on any atom is -0.387 e. The van der Waals surface area contributed by atoms with Crippen LogP contribution < -0.4 is 16.4 Å². The van der Waals surface area contributed by atoms with Gasteiger partial charge < -0.3 is 16.4 Å². The fourth-order valence-electron chi connectivity index (χ4n) is 3.02. The van der Waals surface area contributed by atoms with Crippen LogP contribution in [0.3, 0.4) is 0 Å². The summed E-state index contributed by atoms with van der Waals surface area (Å²) in [6.45, 7) is 4.61. The van der Waals surface area contributed by atoms with Gasteiger partial charge in [0, 0.05) is 17.7 Å². The summed E-state index contributed by atoms with van der Waals surface area (Å²) in [7, 11) is 0. The first-order chi connectivity index (χ1) is 14.1. The first-order valence-corrected chi connectivity index (χ1v) is 9.04. The number of imidazole rings is 1. The second-order valence-electron chi connectivity index (χ2n) is 6.15. The first kappa shape index (κ1) is 18.5.